The molecule has 1 fully saturated rings. The maximum Gasteiger partial charge on any atom is 0.149 e. The lowest BCUT2D eigenvalue weighted by Crippen LogP contribution is -2.41. The Labute approximate surface area is 160 Å². The molecule has 1 aliphatic heterocycles. The topological polar surface area (TPSA) is 37.4 Å². The number of benzene rings is 2. The third kappa shape index (κ3) is 3.81. The highest BCUT2D eigenvalue weighted by Crippen LogP contribution is 2.28. The smallest absolute Gasteiger partial charge is 0.149 e. The van der Waals surface area contributed by atoms with Crippen molar-refractivity contribution in [1.82, 2.24) is 9.88 Å². The average Bonchev–Trinajstić information content (AvgIpc) is 2.73. The lowest BCUT2D eigenvalue weighted by atomic mass is 10.0. The lowest BCUT2D eigenvalue weighted by molar-refractivity contribution is 0.0187. The molecule has 1 saturated heterocycles. The van der Waals surface area contributed by atoms with Crippen molar-refractivity contribution in [2.75, 3.05) is 38.2 Å². The Morgan fingerprint density at radius 1 is 0.964 bits per heavy atom. The first-order chi connectivity index (χ1) is 13.6. The van der Waals surface area contributed by atoms with Crippen LogP contribution in [0.3, 0.4) is 0 Å². The highest BCUT2D eigenvalue weighted by Gasteiger charge is 2.23. The van der Waals surface area contributed by atoms with E-state index in [4.69, 9.17) is 4.74 Å². The molecule has 1 N–H and O–H groups in total. The van der Waals surface area contributed by atoms with Crippen molar-refractivity contribution in [3.05, 3.63) is 71.7 Å². The van der Waals surface area contributed by atoms with E-state index < -0.39 is 11.6 Å². The molecule has 1 aromatic heterocycles. The normalized spacial score (nSPS) is 16.2. The summed E-state index contributed by atoms with van der Waals surface area (Å²) < 4.78 is 47.2. The van der Waals surface area contributed by atoms with E-state index in [0.29, 0.717) is 25.4 Å². The van der Waals surface area contributed by atoms with E-state index in [1.54, 1.807) is 18.2 Å². The van der Waals surface area contributed by atoms with Gasteiger partial charge in [0.15, 0.2) is 0 Å². The summed E-state index contributed by atoms with van der Waals surface area (Å²) in [5.41, 5.74) is 1.41. The Bertz CT molecular complexity index is 959. The number of ether oxygens (including phenoxy) is 1. The fraction of sp³-hybridized carbons (Fsp3) is 0.286. The van der Waals surface area contributed by atoms with Gasteiger partial charge in [0.25, 0.3) is 0 Å². The molecule has 3 aromatic rings. The monoisotopic (exact) mass is 387 g/mol. The predicted molar refractivity (Wildman–Crippen MR) is 102 cm³/mol. The molecule has 1 atom stereocenters. The van der Waals surface area contributed by atoms with Gasteiger partial charge in [-0.15, -0.1) is 0 Å². The summed E-state index contributed by atoms with van der Waals surface area (Å²) in [7, 11) is 0. The van der Waals surface area contributed by atoms with Crippen LogP contribution in [0.4, 0.5) is 18.9 Å². The molecule has 2 heterocycles. The molecule has 4 nitrogen and oxygen atoms in total. The molecule has 0 amide bonds. The van der Waals surface area contributed by atoms with Gasteiger partial charge in [0.1, 0.15) is 23.0 Å². The number of pyridine rings is 1. The van der Waals surface area contributed by atoms with E-state index in [-0.39, 0.29) is 22.8 Å². The first-order valence-corrected chi connectivity index (χ1v) is 9.17. The second kappa shape index (κ2) is 8.16. The summed E-state index contributed by atoms with van der Waals surface area (Å²) in [6, 6.07) is 10.1. The Morgan fingerprint density at radius 3 is 2.43 bits per heavy atom. The van der Waals surface area contributed by atoms with Gasteiger partial charge in [0.2, 0.25) is 0 Å². The number of nitrogens with zero attached hydrogens (tertiary/aromatic N) is 2. The van der Waals surface area contributed by atoms with Crippen molar-refractivity contribution in [3.8, 4) is 0 Å². The fourth-order valence-electron chi connectivity index (χ4n) is 3.58. The zero-order valence-corrected chi connectivity index (χ0v) is 15.2. The quantitative estimate of drug-likeness (QED) is 0.714. The molecule has 0 bridgehead atoms. The minimum absolute atomic E-state index is 0.00490. The third-order valence-electron chi connectivity index (χ3n) is 5.02. The van der Waals surface area contributed by atoms with Crippen molar-refractivity contribution < 1.29 is 17.9 Å². The molecular formula is C21H20F3N3O. The molecule has 4 rings (SSSR count). The second-order valence-corrected chi connectivity index (χ2v) is 6.71. The van der Waals surface area contributed by atoms with E-state index in [0.717, 1.165) is 30.8 Å². The zero-order chi connectivity index (χ0) is 19.5. The number of hydrogen-bond acceptors (Lipinski definition) is 4. The minimum Gasteiger partial charge on any atom is -0.382 e. The Balaban J connectivity index is 1.64. The van der Waals surface area contributed by atoms with Gasteiger partial charge in [-0.3, -0.25) is 9.88 Å². The summed E-state index contributed by atoms with van der Waals surface area (Å²) in [6.45, 7) is 3.17. The van der Waals surface area contributed by atoms with Crippen LogP contribution in [0.5, 0.6) is 0 Å². The van der Waals surface area contributed by atoms with Crippen LogP contribution in [-0.4, -0.2) is 42.7 Å². The van der Waals surface area contributed by atoms with Gasteiger partial charge < -0.3 is 10.1 Å². The second-order valence-electron chi connectivity index (χ2n) is 6.71. The van der Waals surface area contributed by atoms with Crippen LogP contribution in [0.15, 0.2) is 48.7 Å². The van der Waals surface area contributed by atoms with Crippen LogP contribution in [-0.2, 0) is 4.74 Å². The number of morpholine rings is 1. The molecule has 28 heavy (non-hydrogen) atoms. The number of aromatic nitrogens is 1. The van der Waals surface area contributed by atoms with Crippen LogP contribution in [0.25, 0.3) is 10.9 Å². The largest absolute Gasteiger partial charge is 0.382 e. The zero-order valence-electron chi connectivity index (χ0n) is 15.2. The predicted octanol–water partition coefficient (Wildman–Crippen LogP) is 4.14. The number of fused-ring (bicyclic) bond motifs is 1. The standard InChI is InChI=1S/C21H20F3N3O/c22-15-3-1-14(2-4-15)19(27-9-11-28-12-10-27)13-26-18-7-8-25-21-17(24)6-5-16(23)20(18)21/h1-8,19H,9-13H2,(H,25,26). The molecule has 7 heteroatoms. The van der Waals surface area contributed by atoms with Crippen LogP contribution >= 0.6 is 0 Å². The van der Waals surface area contributed by atoms with Crippen molar-refractivity contribution in [2.45, 2.75) is 6.04 Å². The molecular weight excluding hydrogens is 367 g/mol. The summed E-state index contributed by atoms with van der Waals surface area (Å²) in [5, 5.41) is 3.37. The number of halogens is 3. The number of nitrogens with one attached hydrogen (secondary N) is 1. The maximum absolute atomic E-state index is 14.4. The van der Waals surface area contributed by atoms with Gasteiger partial charge in [-0.25, -0.2) is 13.2 Å². The van der Waals surface area contributed by atoms with E-state index in [1.165, 1.54) is 18.3 Å². The Kier molecular flexibility index (Phi) is 5.45. The molecule has 1 unspecified atom stereocenters. The first kappa shape index (κ1) is 18.7. The highest BCUT2D eigenvalue weighted by molar-refractivity contribution is 5.91. The number of hydrogen-bond donors (Lipinski definition) is 1. The Hall–Kier alpha value is -2.64. The molecule has 2 aromatic carbocycles. The van der Waals surface area contributed by atoms with Gasteiger partial charge in [0, 0.05) is 31.5 Å². The summed E-state index contributed by atoms with van der Waals surface area (Å²) in [4.78, 5) is 6.20. The molecule has 0 saturated carbocycles. The van der Waals surface area contributed by atoms with Crippen molar-refractivity contribution in [2.24, 2.45) is 0 Å². The van der Waals surface area contributed by atoms with Crippen molar-refractivity contribution >= 4 is 16.6 Å². The Morgan fingerprint density at radius 2 is 1.68 bits per heavy atom. The lowest BCUT2D eigenvalue weighted by Gasteiger charge is -2.35. The van der Waals surface area contributed by atoms with Crippen molar-refractivity contribution in [3.63, 3.8) is 0 Å². The van der Waals surface area contributed by atoms with Crippen LogP contribution in [0, 0.1) is 17.5 Å². The number of rotatable bonds is 5. The molecule has 0 spiro atoms. The van der Waals surface area contributed by atoms with Gasteiger partial charge in [0.05, 0.1) is 24.6 Å². The summed E-state index contributed by atoms with van der Waals surface area (Å²) in [5.74, 6) is -1.39. The SMILES string of the molecule is Fc1ccc(C(CNc2ccnc3c(F)ccc(F)c23)N2CCOCC2)cc1. The maximum atomic E-state index is 14.4. The minimum atomic E-state index is -0.566. The number of anilines is 1. The molecule has 146 valence electrons. The van der Waals surface area contributed by atoms with E-state index in [1.807, 2.05) is 0 Å². The van der Waals surface area contributed by atoms with Gasteiger partial charge in [-0.2, -0.15) is 0 Å². The van der Waals surface area contributed by atoms with Crippen LogP contribution in [0.2, 0.25) is 0 Å². The van der Waals surface area contributed by atoms with Gasteiger partial charge >= 0.3 is 0 Å². The summed E-state index contributed by atoms with van der Waals surface area (Å²) in [6.07, 6.45) is 1.45. The highest BCUT2D eigenvalue weighted by atomic mass is 19.1. The summed E-state index contributed by atoms with van der Waals surface area (Å²) >= 11 is 0. The van der Waals surface area contributed by atoms with E-state index in [9.17, 15) is 13.2 Å². The average molecular weight is 387 g/mol. The van der Waals surface area contributed by atoms with Crippen LogP contribution < -0.4 is 5.32 Å². The van der Waals surface area contributed by atoms with Gasteiger partial charge in [-0.1, -0.05) is 12.1 Å². The van der Waals surface area contributed by atoms with E-state index in [2.05, 4.69) is 15.2 Å². The first-order valence-electron chi connectivity index (χ1n) is 9.17. The molecule has 0 aliphatic carbocycles. The molecule has 1 aliphatic rings. The third-order valence-corrected chi connectivity index (χ3v) is 5.02. The fourth-order valence-corrected chi connectivity index (χ4v) is 3.58. The molecule has 0 radical (unpaired) electrons. The van der Waals surface area contributed by atoms with E-state index >= 15 is 0 Å². The van der Waals surface area contributed by atoms with Crippen LogP contribution in [0.1, 0.15) is 11.6 Å². The van der Waals surface area contributed by atoms with Gasteiger partial charge in [-0.05, 0) is 35.9 Å². The van der Waals surface area contributed by atoms with Crippen molar-refractivity contribution in [1.29, 1.82) is 0 Å².